The summed E-state index contributed by atoms with van der Waals surface area (Å²) in [5, 5.41) is 11.3. The Kier molecular flexibility index (Phi) is 5.11. The van der Waals surface area contributed by atoms with Gasteiger partial charge in [0.25, 0.3) is 5.91 Å². The Morgan fingerprint density at radius 1 is 1.39 bits per heavy atom. The molecule has 1 rings (SSSR count). The molecular weight excluding hydrogens is 230 g/mol. The van der Waals surface area contributed by atoms with Gasteiger partial charge in [-0.3, -0.25) is 4.79 Å². The van der Waals surface area contributed by atoms with Crippen molar-refractivity contribution in [2.75, 3.05) is 6.54 Å². The first-order valence-electron chi connectivity index (χ1n) is 5.78. The van der Waals surface area contributed by atoms with Gasteiger partial charge in [0.05, 0.1) is 0 Å². The summed E-state index contributed by atoms with van der Waals surface area (Å²) >= 11 is 0. The van der Waals surface area contributed by atoms with Crippen LogP contribution < -0.4 is 5.32 Å². The molecule has 0 spiro atoms. The van der Waals surface area contributed by atoms with E-state index < -0.39 is 5.97 Å². The third-order valence-corrected chi connectivity index (χ3v) is 2.24. The Morgan fingerprint density at radius 3 is 2.72 bits per heavy atom. The van der Waals surface area contributed by atoms with Gasteiger partial charge in [-0.05, 0) is 29.7 Å². The molecule has 0 saturated heterocycles. The number of amides is 1. The lowest BCUT2D eigenvalue weighted by Gasteiger charge is -2.07. The van der Waals surface area contributed by atoms with E-state index in [1.165, 1.54) is 6.08 Å². The molecule has 0 atom stereocenters. The first kappa shape index (κ1) is 14.0. The molecule has 96 valence electrons. The van der Waals surface area contributed by atoms with Gasteiger partial charge in [-0.15, -0.1) is 0 Å². The van der Waals surface area contributed by atoms with Gasteiger partial charge < -0.3 is 10.4 Å². The molecule has 0 radical (unpaired) electrons. The van der Waals surface area contributed by atoms with Crippen LogP contribution in [0.3, 0.4) is 0 Å². The molecule has 0 heterocycles. The lowest BCUT2D eigenvalue weighted by molar-refractivity contribution is -0.131. The molecule has 0 fully saturated rings. The minimum atomic E-state index is -1.01. The van der Waals surface area contributed by atoms with Gasteiger partial charge in [0, 0.05) is 18.2 Å². The molecule has 18 heavy (non-hydrogen) atoms. The zero-order valence-electron chi connectivity index (χ0n) is 10.5. The van der Waals surface area contributed by atoms with Crippen LogP contribution in [0.15, 0.2) is 30.3 Å². The first-order chi connectivity index (χ1) is 8.49. The predicted molar refractivity (Wildman–Crippen MR) is 70.3 cm³/mol. The molecule has 4 nitrogen and oxygen atoms in total. The van der Waals surface area contributed by atoms with Crippen LogP contribution in [0.2, 0.25) is 0 Å². The van der Waals surface area contributed by atoms with Crippen molar-refractivity contribution in [1.82, 2.24) is 5.32 Å². The van der Waals surface area contributed by atoms with Crippen molar-refractivity contribution in [2.24, 2.45) is 5.92 Å². The maximum Gasteiger partial charge on any atom is 0.328 e. The van der Waals surface area contributed by atoms with Crippen LogP contribution in [-0.4, -0.2) is 23.5 Å². The van der Waals surface area contributed by atoms with E-state index in [4.69, 9.17) is 5.11 Å². The second-order valence-electron chi connectivity index (χ2n) is 4.40. The van der Waals surface area contributed by atoms with E-state index in [9.17, 15) is 9.59 Å². The van der Waals surface area contributed by atoms with Crippen molar-refractivity contribution in [1.29, 1.82) is 0 Å². The number of carboxylic acid groups (broad SMARTS) is 1. The topological polar surface area (TPSA) is 66.4 Å². The van der Waals surface area contributed by atoms with E-state index in [1.54, 1.807) is 24.3 Å². The smallest absolute Gasteiger partial charge is 0.328 e. The number of carboxylic acids is 1. The van der Waals surface area contributed by atoms with Crippen molar-refractivity contribution >= 4 is 18.0 Å². The number of carbonyl (C=O) groups is 2. The Labute approximate surface area is 106 Å². The van der Waals surface area contributed by atoms with Gasteiger partial charge >= 0.3 is 5.97 Å². The summed E-state index contributed by atoms with van der Waals surface area (Å²) < 4.78 is 0. The van der Waals surface area contributed by atoms with Crippen molar-refractivity contribution in [2.45, 2.75) is 13.8 Å². The van der Waals surface area contributed by atoms with Gasteiger partial charge in [-0.1, -0.05) is 26.0 Å². The summed E-state index contributed by atoms with van der Waals surface area (Å²) in [5.41, 5.74) is 1.22. The van der Waals surface area contributed by atoms with Crippen LogP contribution in [0.1, 0.15) is 29.8 Å². The van der Waals surface area contributed by atoms with Gasteiger partial charge in [0.2, 0.25) is 0 Å². The minimum Gasteiger partial charge on any atom is -0.478 e. The molecule has 0 saturated carbocycles. The number of aliphatic carboxylic acids is 1. The van der Waals surface area contributed by atoms with Crippen LogP contribution in [0.4, 0.5) is 0 Å². The Morgan fingerprint density at radius 2 is 2.11 bits per heavy atom. The summed E-state index contributed by atoms with van der Waals surface area (Å²) in [6, 6.07) is 6.84. The maximum atomic E-state index is 11.8. The molecule has 0 bridgehead atoms. The molecule has 0 aliphatic carbocycles. The normalized spacial score (nSPS) is 10.8. The first-order valence-corrected chi connectivity index (χ1v) is 5.78. The Hall–Kier alpha value is -2.10. The molecular formula is C14H17NO3. The fourth-order valence-corrected chi connectivity index (χ4v) is 1.35. The quantitative estimate of drug-likeness (QED) is 0.784. The fourth-order valence-electron chi connectivity index (χ4n) is 1.35. The monoisotopic (exact) mass is 247 g/mol. The molecule has 0 aliphatic heterocycles. The average Bonchev–Trinajstić information content (AvgIpc) is 2.33. The Bertz CT molecular complexity index is 464. The van der Waals surface area contributed by atoms with E-state index in [2.05, 4.69) is 5.32 Å². The average molecular weight is 247 g/mol. The van der Waals surface area contributed by atoms with E-state index in [0.717, 1.165) is 6.08 Å². The van der Waals surface area contributed by atoms with Crippen molar-refractivity contribution < 1.29 is 14.7 Å². The van der Waals surface area contributed by atoms with E-state index >= 15 is 0 Å². The third kappa shape index (κ3) is 4.82. The number of rotatable bonds is 5. The van der Waals surface area contributed by atoms with E-state index in [-0.39, 0.29) is 5.91 Å². The number of nitrogens with one attached hydrogen (secondary N) is 1. The minimum absolute atomic E-state index is 0.144. The van der Waals surface area contributed by atoms with E-state index in [1.807, 2.05) is 13.8 Å². The zero-order chi connectivity index (χ0) is 13.5. The van der Waals surface area contributed by atoms with Gasteiger partial charge in [-0.2, -0.15) is 0 Å². The zero-order valence-corrected chi connectivity index (χ0v) is 10.5. The maximum absolute atomic E-state index is 11.8. The summed E-state index contributed by atoms with van der Waals surface area (Å²) in [6.07, 6.45) is 2.51. The highest BCUT2D eigenvalue weighted by Crippen LogP contribution is 2.07. The molecule has 1 amide bonds. The van der Waals surface area contributed by atoms with E-state index in [0.29, 0.717) is 23.6 Å². The Balaban J connectivity index is 2.75. The van der Waals surface area contributed by atoms with Crippen LogP contribution in [0.25, 0.3) is 6.08 Å². The number of benzene rings is 1. The second-order valence-corrected chi connectivity index (χ2v) is 4.40. The molecule has 0 aliphatic rings. The molecule has 1 aromatic carbocycles. The molecule has 2 N–H and O–H groups in total. The molecule has 0 unspecified atom stereocenters. The van der Waals surface area contributed by atoms with Crippen molar-refractivity contribution in [3.8, 4) is 0 Å². The molecule has 0 aromatic heterocycles. The molecule has 4 heteroatoms. The van der Waals surface area contributed by atoms with Crippen LogP contribution in [-0.2, 0) is 4.79 Å². The van der Waals surface area contributed by atoms with Crippen LogP contribution in [0, 0.1) is 5.92 Å². The van der Waals surface area contributed by atoms with Crippen molar-refractivity contribution in [3.63, 3.8) is 0 Å². The van der Waals surface area contributed by atoms with Gasteiger partial charge in [0.1, 0.15) is 0 Å². The predicted octanol–water partition coefficient (Wildman–Crippen LogP) is 2.17. The van der Waals surface area contributed by atoms with Crippen LogP contribution >= 0.6 is 0 Å². The van der Waals surface area contributed by atoms with Gasteiger partial charge in [0.15, 0.2) is 0 Å². The highest BCUT2D eigenvalue weighted by Gasteiger charge is 2.05. The number of carbonyl (C=O) groups excluding carboxylic acids is 1. The third-order valence-electron chi connectivity index (χ3n) is 2.24. The van der Waals surface area contributed by atoms with Gasteiger partial charge in [-0.25, -0.2) is 4.79 Å². The highest BCUT2D eigenvalue weighted by atomic mass is 16.4. The molecule has 1 aromatic rings. The van der Waals surface area contributed by atoms with Crippen molar-refractivity contribution in [3.05, 3.63) is 41.5 Å². The fraction of sp³-hybridized carbons (Fsp3) is 0.286. The summed E-state index contributed by atoms with van der Waals surface area (Å²) in [6.45, 7) is 4.66. The van der Waals surface area contributed by atoms with Crippen LogP contribution in [0.5, 0.6) is 0 Å². The SMILES string of the molecule is CC(C)CNC(=O)c1cccc(C=CC(=O)O)c1. The second kappa shape index (κ2) is 6.59. The summed E-state index contributed by atoms with van der Waals surface area (Å²) in [4.78, 5) is 22.2. The lowest BCUT2D eigenvalue weighted by atomic mass is 10.1. The number of hydrogen-bond acceptors (Lipinski definition) is 2. The number of hydrogen-bond donors (Lipinski definition) is 2. The summed E-state index contributed by atoms with van der Waals surface area (Å²) in [5.74, 6) is -0.761. The lowest BCUT2D eigenvalue weighted by Crippen LogP contribution is -2.27. The largest absolute Gasteiger partial charge is 0.478 e. The highest BCUT2D eigenvalue weighted by molar-refractivity contribution is 5.95. The summed E-state index contributed by atoms with van der Waals surface area (Å²) in [7, 11) is 0. The standard InChI is InChI=1S/C14H17NO3/c1-10(2)9-15-14(18)12-5-3-4-11(8-12)6-7-13(16)17/h3-8,10H,9H2,1-2H3,(H,15,18)(H,16,17).